The molecular weight excluding hydrogens is 194 g/mol. The fourth-order valence-corrected chi connectivity index (χ4v) is 1.89. The molecule has 1 atom stereocenters. The zero-order valence-electron chi connectivity index (χ0n) is 10.2. The van der Waals surface area contributed by atoms with E-state index in [9.17, 15) is 0 Å². The molecule has 0 bridgehead atoms. The molecule has 0 aliphatic rings. The molecule has 0 radical (unpaired) electrons. The zero-order valence-corrected chi connectivity index (χ0v) is 11.0. The summed E-state index contributed by atoms with van der Waals surface area (Å²) in [6.45, 7) is 7.60. The summed E-state index contributed by atoms with van der Waals surface area (Å²) in [6.07, 6.45) is 4.46. The number of rotatable bonds is 8. The minimum atomic E-state index is -0.00801. The van der Waals surface area contributed by atoms with E-state index >= 15 is 0 Å². The Labute approximate surface area is 93.2 Å². The molecule has 0 aliphatic heterocycles. The Bertz CT molecular complexity index is 139. The van der Waals surface area contributed by atoms with Crippen LogP contribution in [0.1, 0.15) is 33.6 Å². The lowest BCUT2D eigenvalue weighted by Gasteiger charge is -2.27. The van der Waals surface area contributed by atoms with E-state index in [4.69, 9.17) is 4.74 Å². The number of methoxy groups -OCH3 is 1. The van der Waals surface area contributed by atoms with E-state index in [1.54, 1.807) is 7.11 Å². The molecule has 0 aliphatic carbocycles. The molecule has 0 aromatic heterocycles. The fourth-order valence-electron chi connectivity index (χ4n) is 1.46. The summed E-state index contributed by atoms with van der Waals surface area (Å²) in [6, 6.07) is 0.534. The Morgan fingerprint density at radius 3 is 2.57 bits per heavy atom. The highest BCUT2D eigenvalue weighted by molar-refractivity contribution is 7.98. The summed E-state index contributed by atoms with van der Waals surface area (Å²) < 4.78 is 5.39. The Morgan fingerprint density at radius 2 is 2.07 bits per heavy atom. The molecule has 0 amide bonds. The van der Waals surface area contributed by atoms with Crippen LogP contribution in [0.4, 0.5) is 0 Å². The van der Waals surface area contributed by atoms with E-state index in [-0.39, 0.29) is 5.60 Å². The van der Waals surface area contributed by atoms with Crippen LogP contribution in [0.15, 0.2) is 0 Å². The zero-order chi connectivity index (χ0) is 11.0. The minimum absolute atomic E-state index is 0.00801. The first-order valence-corrected chi connectivity index (χ1v) is 6.68. The maximum atomic E-state index is 5.39. The van der Waals surface area contributed by atoms with Crippen molar-refractivity contribution in [2.75, 3.05) is 25.7 Å². The molecule has 1 unspecified atom stereocenters. The van der Waals surface area contributed by atoms with Gasteiger partial charge in [0.2, 0.25) is 0 Å². The summed E-state index contributed by atoms with van der Waals surface area (Å²) in [5.41, 5.74) is -0.00801. The standard InChI is InChI=1S/C11H25NOS/c1-10(9-11(2,3)13-4)12-7-6-8-14-5/h10,12H,6-9H2,1-5H3. The molecule has 0 spiro atoms. The SMILES string of the molecule is COC(C)(C)CC(C)NCCCSC. The van der Waals surface area contributed by atoms with Gasteiger partial charge in [-0.1, -0.05) is 0 Å². The molecular formula is C11H25NOS. The lowest BCUT2D eigenvalue weighted by Crippen LogP contribution is -2.36. The Kier molecular flexibility index (Phi) is 7.69. The van der Waals surface area contributed by atoms with Crippen molar-refractivity contribution in [2.24, 2.45) is 0 Å². The summed E-state index contributed by atoms with van der Waals surface area (Å²) in [7, 11) is 1.78. The molecule has 0 rings (SSSR count). The lowest BCUT2D eigenvalue weighted by molar-refractivity contribution is 0.00863. The quantitative estimate of drug-likeness (QED) is 0.634. The van der Waals surface area contributed by atoms with Gasteiger partial charge in [0.1, 0.15) is 0 Å². The van der Waals surface area contributed by atoms with E-state index in [1.165, 1.54) is 12.2 Å². The first kappa shape index (κ1) is 14.3. The van der Waals surface area contributed by atoms with Crippen molar-refractivity contribution in [3.05, 3.63) is 0 Å². The average Bonchev–Trinajstić information content (AvgIpc) is 2.12. The molecule has 0 saturated heterocycles. The predicted octanol–water partition coefficient (Wildman–Crippen LogP) is 2.53. The molecule has 0 aromatic carbocycles. The first-order chi connectivity index (χ1) is 6.52. The monoisotopic (exact) mass is 219 g/mol. The molecule has 2 nitrogen and oxygen atoms in total. The van der Waals surface area contributed by atoms with Crippen molar-refractivity contribution < 1.29 is 4.74 Å². The average molecular weight is 219 g/mol. The Morgan fingerprint density at radius 1 is 1.43 bits per heavy atom. The lowest BCUT2D eigenvalue weighted by atomic mass is 10.00. The number of hydrogen-bond acceptors (Lipinski definition) is 3. The molecule has 0 aromatic rings. The Balaban J connectivity index is 3.49. The van der Waals surface area contributed by atoms with Gasteiger partial charge in [0.05, 0.1) is 5.60 Å². The minimum Gasteiger partial charge on any atom is -0.379 e. The van der Waals surface area contributed by atoms with Gasteiger partial charge in [-0.15, -0.1) is 0 Å². The molecule has 14 heavy (non-hydrogen) atoms. The third-order valence-corrected chi connectivity index (χ3v) is 3.07. The van der Waals surface area contributed by atoms with Crippen molar-refractivity contribution in [1.82, 2.24) is 5.32 Å². The number of nitrogens with one attached hydrogen (secondary N) is 1. The van der Waals surface area contributed by atoms with Crippen LogP contribution in [0.3, 0.4) is 0 Å². The van der Waals surface area contributed by atoms with Gasteiger partial charge < -0.3 is 10.1 Å². The third kappa shape index (κ3) is 7.65. The topological polar surface area (TPSA) is 21.3 Å². The van der Waals surface area contributed by atoms with E-state index in [2.05, 4.69) is 32.3 Å². The summed E-state index contributed by atoms with van der Waals surface area (Å²) >= 11 is 1.91. The molecule has 1 N–H and O–H groups in total. The van der Waals surface area contributed by atoms with Crippen molar-refractivity contribution in [1.29, 1.82) is 0 Å². The van der Waals surface area contributed by atoms with Gasteiger partial charge in [-0.05, 0) is 52.2 Å². The van der Waals surface area contributed by atoms with Crippen molar-refractivity contribution in [3.8, 4) is 0 Å². The smallest absolute Gasteiger partial charge is 0.0637 e. The summed E-state index contributed by atoms with van der Waals surface area (Å²) in [4.78, 5) is 0. The highest BCUT2D eigenvalue weighted by Gasteiger charge is 2.19. The van der Waals surface area contributed by atoms with Crippen LogP contribution in [0.2, 0.25) is 0 Å². The van der Waals surface area contributed by atoms with E-state index in [0.717, 1.165) is 13.0 Å². The van der Waals surface area contributed by atoms with Crippen LogP contribution in [0.25, 0.3) is 0 Å². The van der Waals surface area contributed by atoms with E-state index in [1.807, 2.05) is 11.8 Å². The summed E-state index contributed by atoms with van der Waals surface area (Å²) in [5, 5.41) is 3.51. The van der Waals surface area contributed by atoms with Gasteiger partial charge in [-0.2, -0.15) is 11.8 Å². The second-order valence-corrected chi connectivity index (χ2v) is 5.36. The first-order valence-electron chi connectivity index (χ1n) is 5.29. The van der Waals surface area contributed by atoms with Crippen molar-refractivity contribution in [2.45, 2.75) is 45.3 Å². The fraction of sp³-hybridized carbons (Fsp3) is 1.00. The molecule has 0 heterocycles. The van der Waals surface area contributed by atoms with Crippen molar-refractivity contribution >= 4 is 11.8 Å². The van der Waals surface area contributed by atoms with Crippen LogP contribution < -0.4 is 5.32 Å². The van der Waals surface area contributed by atoms with E-state index in [0.29, 0.717) is 6.04 Å². The van der Waals surface area contributed by atoms with Gasteiger partial charge in [0.25, 0.3) is 0 Å². The second-order valence-electron chi connectivity index (χ2n) is 4.37. The Hall–Kier alpha value is 0.270. The van der Waals surface area contributed by atoms with Gasteiger partial charge >= 0.3 is 0 Å². The largest absolute Gasteiger partial charge is 0.379 e. The third-order valence-electron chi connectivity index (χ3n) is 2.37. The second kappa shape index (κ2) is 7.55. The van der Waals surface area contributed by atoms with Crippen LogP contribution in [0.5, 0.6) is 0 Å². The molecule has 86 valence electrons. The van der Waals surface area contributed by atoms with Crippen LogP contribution >= 0.6 is 11.8 Å². The normalized spacial score (nSPS) is 14.4. The van der Waals surface area contributed by atoms with Gasteiger partial charge in [0, 0.05) is 13.2 Å². The van der Waals surface area contributed by atoms with Gasteiger partial charge in [-0.25, -0.2) is 0 Å². The molecule has 0 fully saturated rings. The van der Waals surface area contributed by atoms with E-state index < -0.39 is 0 Å². The maximum absolute atomic E-state index is 5.39. The number of hydrogen-bond donors (Lipinski definition) is 1. The van der Waals surface area contributed by atoms with Crippen LogP contribution in [-0.4, -0.2) is 37.3 Å². The van der Waals surface area contributed by atoms with Crippen LogP contribution in [-0.2, 0) is 4.74 Å². The highest BCUT2D eigenvalue weighted by atomic mass is 32.2. The van der Waals surface area contributed by atoms with Gasteiger partial charge in [0.15, 0.2) is 0 Å². The summed E-state index contributed by atoms with van der Waals surface area (Å²) in [5.74, 6) is 1.24. The van der Waals surface area contributed by atoms with Crippen molar-refractivity contribution in [3.63, 3.8) is 0 Å². The number of ether oxygens (including phenoxy) is 1. The highest BCUT2D eigenvalue weighted by Crippen LogP contribution is 2.15. The predicted molar refractivity (Wildman–Crippen MR) is 66.2 cm³/mol. The van der Waals surface area contributed by atoms with Gasteiger partial charge in [-0.3, -0.25) is 0 Å². The maximum Gasteiger partial charge on any atom is 0.0637 e. The van der Waals surface area contributed by atoms with Crippen LogP contribution in [0, 0.1) is 0 Å². The molecule has 3 heteroatoms. The molecule has 0 saturated carbocycles. The number of thioether (sulfide) groups is 1.